The van der Waals surface area contributed by atoms with Crippen LogP contribution in [-0.4, -0.2) is 42.1 Å². The predicted molar refractivity (Wildman–Crippen MR) is 111 cm³/mol. The number of carbonyl (C=O) groups excluding carboxylic acids is 4. The summed E-state index contributed by atoms with van der Waals surface area (Å²) < 4.78 is 4.61. The zero-order chi connectivity index (χ0) is 21.6. The van der Waals surface area contributed by atoms with Gasteiger partial charge in [0.25, 0.3) is 0 Å². The summed E-state index contributed by atoms with van der Waals surface area (Å²) in [4.78, 5) is 53.5. The van der Waals surface area contributed by atoms with E-state index in [0.29, 0.717) is 32.1 Å². The van der Waals surface area contributed by atoms with E-state index in [1.54, 1.807) is 31.2 Å². The van der Waals surface area contributed by atoms with Crippen LogP contribution >= 0.6 is 11.8 Å². The zero-order valence-corrected chi connectivity index (χ0v) is 17.9. The standard InChI is InChI=1S/C21H27NO6S/c1-4-16(23)9-7-6-8-10-18(24)19(22-28-21(26)27-5-2)20(25)15-11-13-17(29-3)14-12-15/h11-14H,4-10H2,1-3H3/b22-19+. The lowest BCUT2D eigenvalue weighted by molar-refractivity contribution is -0.118. The minimum atomic E-state index is -1.08. The lowest BCUT2D eigenvalue weighted by Crippen LogP contribution is -2.25. The van der Waals surface area contributed by atoms with Crippen molar-refractivity contribution in [1.82, 2.24) is 0 Å². The van der Waals surface area contributed by atoms with Gasteiger partial charge in [0.1, 0.15) is 5.78 Å². The highest BCUT2D eigenvalue weighted by molar-refractivity contribution is 7.98. The van der Waals surface area contributed by atoms with Gasteiger partial charge in [-0.1, -0.05) is 18.5 Å². The average molecular weight is 422 g/mol. The van der Waals surface area contributed by atoms with Crippen molar-refractivity contribution in [3.63, 3.8) is 0 Å². The van der Waals surface area contributed by atoms with Crippen molar-refractivity contribution >= 4 is 41.0 Å². The molecule has 1 aromatic rings. The number of hydrogen-bond acceptors (Lipinski definition) is 8. The van der Waals surface area contributed by atoms with E-state index < -0.39 is 23.4 Å². The summed E-state index contributed by atoms with van der Waals surface area (Å²) in [5.74, 6) is -0.951. The molecule has 158 valence electrons. The molecule has 1 rings (SSSR count). The minimum Gasteiger partial charge on any atom is -0.433 e. The molecule has 0 spiro atoms. The first-order chi connectivity index (χ1) is 13.9. The predicted octanol–water partition coefficient (Wildman–Crippen LogP) is 4.62. The van der Waals surface area contributed by atoms with Crippen LogP contribution in [0.4, 0.5) is 4.79 Å². The maximum Gasteiger partial charge on any atom is 0.535 e. The number of oxime groups is 1. The first-order valence-corrected chi connectivity index (χ1v) is 10.8. The number of unbranched alkanes of at least 4 members (excludes halogenated alkanes) is 2. The molecule has 0 bridgehead atoms. The van der Waals surface area contributed by atoms with Crippen LogP contribution in [-0.2, 0) is 19.2 Å². The Hall–Kier alpha value is -2.48. The van der Waals surface area contributed by atoms with Crippen molar-refractivity contribution in [2.24, 2.45) is 5.16 Å². The summed E-state index contributed by atoms with van der Waals surface area (Å²) in [6.45, 7) is 3.49. The quantitative estimate of drug-likeness (QED) is 0.0670. The molecule has 1 aromatic carbocycles. The van der Waals surface area contributed by atoms with E-state index in [1.165, 1.54) is 11.8 Å². The third-order valence-electron chi connectivity index (χ3n) is 4.06. The lowest BCUT2D eigenvalue weighted by Gasteiger charge is -2.06. The smallest absolute Gasteiger partial charge is 0.433 e. The van der Waals surface area contributed by atoms with Crippen LogP contribution in [0, 0.1) is 0 Å². The molecular formula is C21H27NO6S. The molecule has 0 aliphatic rings. The summed E-state index contributed by atoms with van der Waals surface area (Å²) in [5, 5.41) is 3.49. The number of rotatable bonds is 13. The van der Waals surface area contributed by atoms with Gasteiger partial charge in [0.15, 0.2) is 11.5 Å². The van der Waals surface area contributed by atoms with Crippen molar-refractivity contribution in [1.29, 1.82) is 0 Å². The maximum absolute atomic E-state index is 12.7. The number of carbonyl (C=O) groups is 4. The second kappa shape index (κ2) is 13.7. The maximum atomic E-state index is 12.7. The Bertz CT molecular complexity index is 742. The molecule has 0 heterocycles. The Balaban J connectivity index is 2.82. The van der Waals surface area contributed by atoms with Gasteiger partial charge in [-0.15, -0.1) is 11.8 Å². The van der Waals surface area contributed by atoms with Gasteiger partial charge in [0, 0.05) is 29.7 Å². The van der Waals surface area contributed by atoms with Crippen molar-refractivity contribution in [2.45, 2.75) is 57.3 Å². The van der Waals surface area contributed by atoms with Crippen LogP contribution in [0.5, 0.6) is 0 Å². The molecular weight excluding hydrogens is 394 g/mol. The first kappa shape index (κ1) is 24.6. The monoisotopic (exact) mass is 421 g/mol. The van der Waals surface area contributed by atoms with Gasteiger partial charge in [0.05, 0.1) is 6.61 Å². The number of Topliss-reactive ketones (excluding diaryl/α,β-unsaturated/α-hetero) is 3. The van der Waals surface area contributed by atoms with Crippen LogP contribution in [0.2, 0.25) is 0 Å². The highest BCUT2D eigenvalue weighted by Crippen LogP contribution is 2.16. The van der Waals surface area contributed by atoms with Gasteiger partial charge in [0.2, 0.25) is 5.78 Å². The summed E-state index contributed by atoms with van der Waals surface area (Å²) in [6, 6.07) is 6.71. The van der Waals surface area contributed by atoms with Gasteiger partial charge in [-0.2, -0.15) is 0 Å². The second-order valence-electron chi connectivity index (χ2n) is 6.15. The highest BCUT2D eigenvalue weighted by atomic mass is 32.2. The first-order valence-electron chi connectivity index (χ1n) is 9.58. The molecule has 0 radical (unpaired) electrons. The normalized spacial score (nSPS) is 11.1. The van der Waals surface area contributed by atoms with Crippen molar-refractivity contribution in [3.8, 4) is 0 Å². The molecule has 0 saturated heterocycles. The van der Waals surface area contributed by atoms with E-state index in [4.69, 9.17) is 0 Å². The van der Waals surface area contributed by atoms with Crippen LogP contribution in [0.1, 0.15) is 62.7 Å². The van der Waals surface area contributed by atoms with E-state index in [2.05, 4.69) is 14.7 Å². The molecule has 0 saturated carbocycles. The van der Waals surface area contributed by atoms with E-state index >= 15 is 0 Å². The topological polar surface area (TPSA) is 99.1 Å². The SMILES string of the molecule is CCOC(=O)O/N=C(\C(=O)CCCCCC(=O)CC)C(=O)c1ccc(SC)cc1. The molecule has 0 fully saturated rings. The molecule has 0 aliphatic carbocycles. The number of ketones is 3. The Morgan fingerprint density at radius 1 is 0.966 bits per heavy atom. The average Bonchev–Trinajstić information content (AvgIpc) is 2.73. The van der Waals surface area contributed by atoms with Crippen molar-refractivity contribution < 1.29 is 28.8 Å². The third-order valence-corrected chi connectivity index (χ3v) is 4.80. The van der Waals surface area contributed by atoms with Gasteiger partial charge >= 0.3 is 6.16 Å². The van der Waals surface area contributed by atoms with Crippen LogP contribution in [0.3, 0.4) is 0 Å². The lowest BCUT2D eigenvalue weighted by atomic mass is 10.00. The van der Waals surface area contributed by atoms with Gasteiger partial charge in [-0.25, -0.2) is 4.79 Å². The van der Waals surface area contributed by atoms with E-state index in [0.717, 1.165) is 4.90 Å². The largest absolute Gasteiger partial charge is 0.535 e. The van der Waals surface area contributed by atoms with Gasteiger partial charge in [-0.05, 0) is 50.3 Å². The summed E-state index contributed by atoms with van der Waals surface area (Å²) in [5.41, 5.74) is -0.171. The molecule has 0 aromatic heterocycles. The van der Waals surface area contributed by atoms with E-state index in [1.807, 2.05) is 13.2 Å². The van der Waals surface area contributed by atoms with Crippen LogP contribution in [0.15, 0.2) is 34.3 Å². The van der Waals surface area contributed by atoms with Gasteiger partial charge in [-0.3, -0.25) is 19.2 Å². The van der Waals surface area contributed by atoms with E-state index in [-0.39, 0.29) is 24.4 Å². The molecule has 7 nitrogen and oxygen atoms in total. The van der Waals surface area contributed by atoms with Gasteiger partial charge < -0.3 is 4.74 Å². The third kappa shape index (κ3) is 9.04. The number of benzene rings is 1. The molecule has 0 aliphatic heterocycles. The van der Waals surface area contributed by atoms with Crippen LogP contribution < -0.4 is 0 Å². The van der Waals surface area contributed by atoms with Crippen molar-refractivity contribution in [3.05, 3.63) is 29.8 Å². The Morgan fingerprint density at radius 2 is 1.62 bits per heavy atom. The Kier molecular flexibility index (Phi) is 11.6. The molecule has 0 amide bonds. The Labute approximate surface area is 175 Å². The minimum absolute atomic E-state index is 0.0694. The summed E-state index contributed by atoms with van der Waals surface area (Å²) >= 11 is 1.52. The molecule has 29 heavy (non-hydrogen) atoms. The number of ether oxygens (including phenoxy) is 1. The Morgan fingerprint density at radius 3 is 2.21 bits per heavy atom. The number of thioether (sulfide) groups is 1. The molecule has 8 heteroatoms. The molecule has 0 atom stereocenters. The molecule has 0 unspecified atom stereocenters. The fourth-order valence-corrected chi connectivity index (χ4v) is 2.81. The number of nitrogens with zero attached hydrogens (tertiary/aromatic N) is 1. The summed E-state index contributed by atoms with van der Waals surface area (Å²) in [7, 11) is 0. The number of hydrogen-bond donors (Lipinski definition) is 0. The molecule has 0 N–H and O–H groups in total. The van der Waals surface area contributed by atoms with Crippen molar-refractivity contribution in [2.75, 3.05) is 12.9 Å². The fourth-order valence-electron chi connectivity index (χ4n) is 2.40. The zero-order valence-electron chi connectivity index (χ0n) is 17.1. The fraction of sp³-hybridized carbons (Fsp3) is 0.476. The van der Waals surface area contributed by atoms with Crippen LogP contribution in [0.25, 0.3) is 0 Å². The van der Waals surface area contributed by atoms with E-state index in [9.17, 15) is 19.2 Å². The highest BCUT2D eigenvalue weighted by Gasteiger charge is 2.23. The second-order valence-corrected chi connectivity index (χ2v) is 7.03. The summed E-state index contributed by atoms with van der Waals surface area (Å²) in [6.07, 6.45) is 3.77.